The molecule has 2 atom stereocenters. The topological polar surface area (TPSA) is 94.9 Å². The quantitative estimate of drug-likeness (QED) is 0.792. The lowest BCUT2D eigenvalue weighted by Crippen LogP contribution is -2.37. The highest BCUT2D eigenvalue weighted by Gasteiger charge is 2.72. The van der Waals surface area contributed by atoms with Crippen molar-refractivity contribution >= 4 is 23.5 Å². The molecule has 1 aliphatic carbocycles. The second-order valence-electron chi connectivity index (χ2n) is 5.80. The minimum atomic E-state index is -1.30. The van der Waals surface area contributed by atoms with Crippen molar-refractivity contribution in [2.24, 2.45) is 17.3 Å². The van der Waals surface area contributed by atoms with Gasteiger partial charge in [0, 0.05) is 0 Å². The van der Waals surface area contributed by atoms with Crippen LogP contribution in [0.25, 0.3) is 0 Å². The summed E-state index contributed by atoms with van der Waals surface area (Å²) in [6.45, 7) is 3.70. The van der Waals surface area contributed by atoms with Crippen molar-refractivity contribution in [2.75, 3.05) is 4.90 Å². The Kier molecular flexibility index (Phi) is 2.27. The second kappa shape index (κ2) is 3.59. The van der Waals surface area contributed by atoms with E-state index in [1.165, 1.54) is 12.1 Å². The molecule has 0 aromatic heterocycles. The Hall–Kier alpha value is -2.37. The highest BCUT2D eigenvalue weighted by Crippen LogP contribution is 2.63. The molecule has 6 nitrogen and oxygen atoms in total. The molecule has 20 heavy (non-hydrogen) atoms. The maximum absolute atomic E-state index is 12.3. The fraction of sp³-hybridized carbons (Fsp3) is 0.357. The number of hydrogen-bond acceptors (Lipinski definition) is 4. The Morgan fingerprint density at radius 1 is 1.20 bits per heavy atom. The summed E-state index contributed by atoms with van der Waals surface area (Å²) in [5.41, 5.74) is -0.579. The summed E-state index contributed by atoms with van der Waals surface area (Å²) in [5.74, 6) is -2.99. The lowest BCUT2D eigenvalue weighted by atomic mass is 10.0. The van der Waals surface area contributed by atoms with Gasteiger partial charge in [-0.1, -0.05) is 13.8 Å². The zero-order chi connectivity index (χ0) is 14.8. The van der Waals surface area contributed by atoms with E-state index in [1.807, 2.05) is 13.8 Å². The number of rotatable bonds is 2. The maximum Gasteiger partial charge on any atom is 0.337 e. The van der Waals surface area contributed by atoms with Crippen molar-refractivity contribution in [1.82, 2.24) is 0 Å². The summed E-state index contributed by atoms with van der Waals surface area (Å²) in [6, 6.07) is 3.58. The van der Waals surface area contributed by atoms with Crippen LogP contribution < -0.4 is 4.90 Å². The molecule has 6 heteroatoms. The van der Waals surface area contributed by atoms with E-state index in [1.54, 1.807) is 0 Å². The first kappa shape index (κ1) is 12.7. The number of carboxylic acids is 1. The van der Waals surface area contributed by atoms with Crippen LogP contribution in [0.15, 0.2) is 18.2 Å². The monoisotopic (exact) mass is 275 g/mol. The zero-order valence-corrected chi connectivity index (χ0v) is 11.0. The third-order valence-electron chi connectivity index (χ3n) is 4.25. The summed E-state index contributed by atoms with van der Waals surface area (Å²) < 4.78 is 0. The molecule has 1 saturated heterocycles. The lowest BCUT2D eigenvalue weighted by Gasteiger charge is -2.22. The number of piperidine rings is 1. The van der Waals surface area contributed by atoms with Gasteiger partial charge >= 0.3 is 5.97 Å². The Morgan fingerprint density at radius 2 is 1.75 bits per heavy atom. The van der Waals surface area contributed by atoms with Gasteiger partial charge in [-0.05, 0) is 23.6 Å². The molecule has 2 amide bonds. The predicted octanol–water partition coefficient (Wildman–Crippen LogP) is 1.24. The zero-order valence-electron chi connectivity index (χ0n) is 11.0. The van der Waals surface area contributed by atoms with E-state index in [4.69, 9.17) is 5.11 Å². The third-order valence-corrected chi connectivity index (χ3v) is 4.25. The number of benzene rings is 1. The van der Waals surface area contributed by atoms with Gasteiger partial charge < -0.3 is 10.2 Å². The van der Waals surface area contributed by atoms with E-state index in [0.717, 1.165) is 11.0 Å². The van der Waals surface area contributed by atoms with Gasteiger partial charge in [-0.3, -0.25) is 9.59 Å². The van der Waals surface area contributed by atoms with Gasteiger partial charge in [0.15, 0.2) is 0 Å². The average Bonchev–Trinajstić information content (AvgIpc) is 2.81. The number of imide groups is 1. The molecular weight excluding hydrogens is 262 g/mol. The average molecular weight is 275 g/mol. The smallest absolute Gasteiger partial charge is 0.337 e. The number of phenols is 1. The highest BCUT2D eigenvalue weighted by molar-refractivity contribution is 6.27. The minimum absolute atomic E-state index is 0.0216. The van der Waals surface area contributed by atoms with Crippen molar-refractivity contribution in [3.8, 4) is 5.75 Å². The molecule has 1 aromatic carbocycles. The van der Waals surface area contributed by atoms with Crippen molar-refractivity contribution < 1.29 is 24.6 Å². The largest absolute Gasteiger partial charge is 0.508 e. The summed E-state index contributed by atoms with van der Waals surface area (Å²) in [5, 5.41) is 18.5. The van der Waals surface area contributed by atoms with Crippen molar-refractivity contribution in [1.29, 1.82) is 0 Å². The van der Waals surface area contributed by atoms with Crippen LogP contribution in [0.5, 0.6) is 5.75 Å². The molecule has 0 bridgehead atoms. The van der Waals surface area contributed by atoms with Crippen LogP contribution in [-0.4, -0.2) is 28.0 Å². The summed E-state index contributed by atoms with van der Waals surface area (Å²) in [6.07, 6.45) is 0. The number of amides is 2. The molecular formula is C14H13NO5. The first-order valence-electron chi connectivity index (χ1n) is 6.21. The van der Waals surface area contributed by atoms with Crippen LogP contribution in [0.3, 0.4) is 0 Å². The van der Waals surface area contributed by atoms with Gasteiger partial charge in [0.2, 0.25) is 11.8 Å². The number of carbonyl (C=O) groups is 3. The van der Waals surface area contributed by atoms with Crippen LogP contribution in [0.1, 0.15) is 24.2 Å². The van der Waals surface area contributed by atoms with Gasteiger partial charge in [0.05, 0.1) is 23.1 Å². The van der Waals surface area contributed by atoms with Crippen LogP contribution in [0, 0.1) is 17.3 Å². The van der Waals surface area contributed by atoms with Crippen LogP contribution in [-0.2, 0) is 9.59 Å². The number of aromatic carboxylic acids is 1. The number of aromatic hydroxyl groups is 1. The molecule has 1 saturated carbocycles. The molecule has 3 rings (SSSR count). The fourth-order valence-electron chi connectivity index (χ4n) is 3.07. The Balaban J connectivity index is 2.06. The van der Waals surface area contributed by atoms with Gasteiger partial charge in [-0.25, -0.2) is 9.69 Å². The summed E-state index contributed by atoms with van der Waals surface area (Å²) >= 11 is 0. The minimum Gasteiger partial charge on any atom is -0.508 e. The van der Waals surface area contributed by atoms with Crippen molar-refractivity contribution in [3.05, 3.63) is 23.8 Å². The maximum atomic E-state index is 12.3. The lowest BCUT2D eigenvalue weighted by molar-refractivity contribution is -0.125. The van der Waals surface area contributed by atoms with Gasteiger partial charge in [-0.2, -0.15) is 0 Å². The molecule has 0 radical (unpaired) electrons. The van der Waals surface area contributed by atoms with E-state index in [0.29, 0.717) is 0 Å². The molecule has 2 unspecified atom stereocenters. The van der Waals surface area contributed by atoms with Gasteiger partial charge in [-0.15, -0.1) is 0 Å². The first-order valence-corrected chi connectivity index (χ1v) is 6.21. The number of phenolic OH excluding ortho intramolecular Hbond substituents is 1. The van der Waals surface area contributed by atoms with Crippen molar-refractivity contribution in [3.63, 3.8) is 0 Å². The second-order valence-corrected chi connectivity index (χ2v) is 5.80. The molecule has 1 aromatic rings. The van der Waals surface area contributed by atoms with E-state index in [2.05, 4.69) is 0 Å². The third kappa shape index (κ3) is 1.41. The molecule has 1 heterocycles. The summed E-state index contributed by atoms with van der Waals surface area (Å²) in [4.78, 5) is 36.7. The first-order chi connectivity index (χ1) is 9.26. The fourth-order valence-corrected chi connectivity index (χ4v) is 3.07. The van der Waals surface area contributed by atoms with Crippen LogP contribution in [0.4, 0.5) is 5.69 Å². The van der Waals surface area contributed by atoms with Crippen LogP contribution in [0.2, 0.25) is 0 Å². The molecule has 104 valence electrons. The number of carbonyl (C=O) groups excluding carboxylic acids is 2. The number of anilines is 1. The molecule has 2 fully saturated rings. The molecule has 2 N–H and O–H groups in total. The molecule has 0 spiro atoms. The predicted molar refractivity (Wildman–Crippen MR) is 68.3 cm³/mol. The Labute approximate surface area is 114 Å². The number of fused-ring (bicyclic) bond motifs is 1. The van der Waals surface area contributed by atoms with E-state index in [-0.39, 0.29) is 46.1 Å². The van der Waals surface area contributed by atoms with E-state index in [9.17, 15) is 19.5 Å². The standard InChI is InChI=1S/C14H13NO5/c1-14(2)9-10(14)12(18)15(11(9)17)8-4-3-6(16)5-7(8)13(19)20/h3-5,9-10,16H,1-2H3,(H,19,20). The van der Waals surface area contributed by atoms with Gasteiger partial charge in [0.1, 0.15) is 5.75 Å². The number of carboxylic acid groups (broad SMARTS) is 1. The molecule has 2 aliphatic rings. The summed E-state index contributed by atoms with van der Waals surface area (Å²) in [7, 11) is 0. The Bertz CT molecular complexity index is 640. The Morgan fingerprint density at radius 3 is 2.25 bits per heavy atom. The normalized spacial score (nSPS) is 26.6. The van der Waals surface area contributed by atoms with Crippen molar-refractivity contribution in [2.45, 2.75) is 13.8 Å². The SMILES string of the molecule is CC1(C)C2C(=O)N(c3ccc(O)cc3C(=O)O)C(=O)C21. The highest BCUT2D eigenvalue weighted by atomic mass is 16.4. The number of hydrogen-bond donors (Lipinski definition) is 2. The van der Waals surface area contributed by atoms with E-state index < -0.39 is 5.97 Å². The molecule has 1 aliphatic heterocycles. The van der Waals surface area contributed by atoms with Crippen LogP contribution >= 0.6 is 0 Å². The number of nitrogens with zero attached hydrogens (tertiary/aromatic N) is 1. The van der Waals surface area contributed by atoms with Gasteiger partial charge in [0.25, 0.3) is 0 Å². The van der Waals surface area contributed by atoms with E-state index >= 15 is 0 Å².